The molecule has 0 aromatic heterocycles. The molecule has 0 atom stereocenters. The Balaban J connectivity index is 0. The van der Waals surface area contributed by atoms with Gasteiger partial charge in [0.05, 0.1) is 0 Å². The smallest absolute Gasteiger partial charge is 0.303 e. The molecule has 0 aliphatic carbocycles. The molecule has 4 nitrogen and oxygen atoms in total. The molecule has 60 valence electrons. The van der Waals surface area contributed by atoms with Crippen molar-refractivity contribution in [2.24, 2.45) is 0 Å². The van der Waals surface area contributed by atoms with Crippen LogP contribution in [-0.4, -0.2) is 17.0 Å². The summed E-state index contributed by atoms with van der Waals surface area (Å²) in [4.78, 5) is 18.5. The van der Waals surface area contributed by atoms with Crippen LogP contribution in [0.3, 0.4) is 0 Å². The first-order chi connectivity index (χ1) is 4.50. The monoisotopic (exact) mass is 147 g/mol. The van der Waals surface area contributed by atoms with Crippen LogP contribution in [-0.2, 0) is 9.59 Å². The number of carbonyl (C=O) groups is 2. The minimum absolute atomic E-state index is 0.292. The summed E-state index contributed by atoms with van der Waals surface area (Å²) in [5.41, 5.74) is 0. The van der Waals surface area contributed by atoms with Crippen LogP contribution in [0.4, 0.5) is 0 Å². The zero-order valence-corrected chi connectivity index (χ0v) is 6.09. The van der Waals surface area contributed by atoms with Gasteiger partial charge in [-0.3, -0.25) is 4.79 Å². The van der Waals surface area contributed by atoms with E-state index >= 15 is 0 Å². The number of hydrogen-bond acceptors (Lipinski definition) is 3. The molecule has 0 heterocycles. The molecule has 0 bridgehead atoms. The van der Waals surface area contributed by atoms with E-state index in [4.69, 9.17) is 15.0 Å². The first-order valence-electron chi connectivity index (χ1n) is 2.90. The van der Waals surface area contributed by atoms with Crippen molar-refractivity contribution in [3.05, 3.63) is 0 Å². The van der Waals surface area contributed by atoms with Crippen LogP contribution in [0.5, 0.6) is 0 Å². The second-order valence-electron chi connectivity index (χ2n) is 1.64. The Morgan fingerprint density at radius 1 is 1.50 bits per heavy atom. The first-order valence-corrected chi connectivity index (χ1v) is 2.90. The molecular weight excluding hydrogens is 136 g/mol. The van der Waals surface area contributed by atoms with E-state index < -0.39 is 11.9 Å². The van der Waals surface area contributed by atoms with Crippen LogP contribution in [0.25, 0.3) is 0 Å². The van der Waals surface area contributed by atoms with E-state index in [0.717, 1.165) is 13.3 Å². The molecule has 0 spiro atoms. The molecular formula is C6H11O4-. The van der Waals surface area contributed by atoms with Gasteiger partial charge in [-0.05, 0) is 13.3 Å². The van der Waals surface area contributed by atoms with Crippen molar-refractivity contribution < 1.29 is 19.8 Å². The standard InChI is InChI=1S/C4H8O2.C2H4O2/c1-2-3-4(5)6;1-2(3)4/h2-3H2,1H3,(H,5,6);1H3,(H,3,4)/p-1. The zero-order chi connectivity index (χ0) is 8.57. The minimum Gasteiger partial charge on any atom is -0.550 e. The van der Waals surface area contributed by atoms with Crippen LogP contribution in [0, 0.1) is 0 Å². The number of carboxylic acid groups (broad SMARTS) is 2. The lowest BCUT2D eigenvalue weighted by Crippen LogP contribution is -2.16. The van der Waals surface area contributed by atoms with Crippen LogP contribution < -0.4 is 5.11 Å². The Morgan fingerprint density at radius 2 is 1.80 bits per heavy atom. The maximum absolute atomic E-state index is 9.60. The van der Waals surface area contributed by atoms with Gasteiger partial charge >= 0.3 is 5.97 Å². The lowest BCUT2D eigenvalue weighted by Gasteiger charge is -1.79. The van der Waals surface area contributed by atoms with E-state index in [-0.39, 0.29) is 0 Å². The summed E-state index contributed by atoms with van der Waals surface area (Å²) in [5.74, 6) is -1.79. The SMILES string of the molecule is CC(=O)[O-].CCCC(=O)O. The summed E-state index contributed by atoms with van der Waals surface area (Å²) >= 11 is 0. The van der Waals surface area contributed by atoms with Gasteiger partial charge in [-0.2, -0.15) is 0 Å². The summed E-state index contributed by atoms with van der Waals surface area (Å²) in [5, 5.41) is 16.8. The van der Waals surface area contributed by atoms with E-state index in [2.05, 4.69) is 0 Å². The molecule has 0 aliphatic rings. The highest BCUT2D eigenvalue weighted by atomic mass is 16.4. The largest absolute Gasteiger partial charge is 0.550 e. The van der Waals surface area contributed by atoms with E-state index in [9.17, 15) is 4.79 Å². The fourth-order valence-corrected chi connectivity index (χ4v) is 0.214. The summed E-state index contributed by atoms with van der Waals surface area (Å²) < 4.78 is 0. The molecule has 0 unspecified atom stereocenters. The Labute approximate surface area is 59.5 Å². The predicted octanol–water partition coefficient (Wildman–Crippen LogP) is -0.373. The second kappa shape index (κ2) is 7.94. The van der Waals surface area contributed by atoms with Crippen LogP contribution in [0.15, 0.2) is 0 Å². The summed E-state index contributed by atoms with van der Waals surface area (Å²) in [6.45, 7) is 2.81. The Kier molecular flexibility index (Phi) is 9.29. The van der Waals surface area contributed by atoms with Gasteiger partial charge in [-0.1, -0.05) is 6.92 Å². The topological polar surface area (TPSA) is 77.4 Å². The Hall–Kier alpha value is -1.06. The van der Waals surface area contributed by atoms with Crippen molar-refractivity contribution >= 4 is 11.9 Å². The average molecular weight is 147 g/mol. The summed E-state index contributed by atoms with van der Waals surface area (Å²) in [6, 6.07) is 0. The van der Waals surface area contributed by atoms with E-state index in [0.29, 0.717) is 6.42 Å². The number of carboxylic acids is 2. The molecule has 0 saturated heterocycles. The van der Waals surface area contributed by atoms with Crippen LogP contribution >= 0.6 is 0 Å². The van der Waals surface area contributed by atoms with Crippen molar-refractivity contribution in [2.75, 3.05) is 0 Å². The third kappa shape index (κ3) is 65.1. The molecule has 10 heavy (non-hydrogen) atoms. The predicted molar refractivity (Wildman–Crippen MR) is 33.2 cm³/mol. The van der Waals surface area contributed by atoms with Crippen LogP contribution in [0.1, 0.15) is 26.7 Å². The number of carbonyl (C=O) groups excluding carboxylic acids is 1. The molecule has 0 fully saturated rings. The molecule has 0 radical (unpaired) electrons. The average Bonchev–Trinajstić information content (AvgIpc) is 1.62. The molecule has 0 aliphatic heterocycles. The molecule has 0 amide bonds. The van der Waals surface area contributed by atoms with Gasteiger partial charge in [0.25, 0.3) is 0 Å². The zero-order valence-electron chi connectivity index (χ0n) is 6.09. The first kappa shape index (κ1) is 11.7. The maximum atomic E-state index is 9.60. The van der Waals surface area contributed by atoms with Crippen molar-refractivity contribution in [1.29, 1.82) is 0 Å². The van der Waals surface area contributed by atoms with Crippen molar-refractivity contribution in [3.8, 4) is 0 Å². The van der Waals surface area contributed by atoms with Gasteiger partial charge in [0.2, 0.25) is 0 Å². The Morgan fingerprint density at radius 3 is 1.80 bits per heavy atom. The number of rotatable bonds is 2. The van der Waals surface area contributed by atoms with Crippen LogP contribution in [0.2, 0.25) is 0 Å². The third-order valence-corrected chi connectivity index (χ3v) is 0.464. The van der Waals surface area contributed by atoms with E-state index in [1.54, 1.807) is 0 Å². The normalized spacial score (nSPS) is 7.40. The highest BCUT2D eigenvalue weighted by molar-refractivity contribution is 5.66. The number of aliphatic carboxylic acids is 2. The molecule has 4 heteroatoms. The number of hydrogen-bond donors (Lipinski definition) is 1. The van der Waals surface area contributed by atoms with Gasteiger partial charge in [-0.15, -0.1) is 0 Å². The van der Waals surface area contributed by atoms with Gasteiger partial charge < -0.3 is 15.0 Å². The van der Waals surface area contributed by atoms with Crippen molar-refractivity contribution in [3.63, 3.8) is 0 Å². The fourth-order valence-electron chi connectivity index (χ4n) is 0.214. The van der Waals surface area contributed by atoms with Gasteiger partial charge in [-0.25, -0.2) is 0 Å². The van der Waals surface area contributed by atoms with Crippen molar-refractivity contribution in [1.82, 2.24) is 0 Å². The summed E-state index contributed by atoms with van der Waals surface area (Å²) in [7, 11) is 0. The van der Waals surface area contributed by atoms with Gasteiger partial charge in [0.1, 0.15) is 0 Å². The molecule has 1 N–H and O–H groups in total. The highest BCUT2D eigenvalue weighted by Crippen LogP contribution is 1.82. The minimum atomic E-state index is -1.08. The second-order valence-corrected chi connectivity index (χ2v) is 1.64. The molecule has 0 saturated carbocycles. The summed E-state index contributed by atoms with van der Waals surface area (Å²) in [6.07, 6.45) is 1.02. The Bertz CT molecular complexity index is 104. The van der Waals surface area contributed by atoms with Gasteiger partial charge in [0.15, 0.2) is 0 Å². The quantitative estimate of drug-likeness (QED) is 0.578. The third-order valence-electron chi connectivity index (χ3n) is 0.464. The fraction of sp³-hybridized carbons (Fsp3) is 0.667. The molecule has 0 rings (SSSR count). The lowest BCUT2D eigenvalue weighted by atomic mass is 10.4. The lowest BCUT2D eigenvalue weighted by molar-refractivity contribution is -0.302. The van der Waals surface area contributed by atoms with E-state index in [1.165, 1.54) is 0 Å². The van der Waals surface area contributed by atoms with E-state index in [1.807, 2.05) is 6.92 Å². The highest BCUT2D eigenvalue weighted by Gasteiger charge is 1.87. The maximum Gasteiger partial charge on any atom is 0.303 e. The van der Waals surface area contributed by atoms with Gasteiger partial charge in [0, 0.05) is 12.4 Å². The van der Waals surface area contributed by atoms with Crippen molar-refractivity contribution in [2.45, 2.75) is 26.7 Å². The molecule has 0 aromatic carbocycles. The molecule has 0 aromatic rings.